The van der Waals surface area contributed by atoms with Crippen LogP contribution in [0.2, 0.25) is 0 Å². The number of carbonyl (C=O) groups excluding carboxylic acids is 1. The van der Waals surface area contributed by atoms with Crippen LogP contribution in [0, 0.1) is 13.8 Å². The molecule has 0 fully saturated rings. The topological polar surface area (TPSA) is 62.7 Å². The van der Waals surface area contributed by atoms with Gasteiger partial charge >= 0.3 is 0 Å². The highest BCUT2D eigenvalue weighted by molar-refractivity contribution is 5.99. The molecule has 0 aliphatic carbocycles. The van der Waals surface area contributed by atoms with Crippen molar-refractivity contribution in [1.29, 1.82) is 0 Å². The summed E-state index contributed by atoms with van der Waals surface area (Å²) in [6.07, 6.45) is 5.35. The summed E-state index contributed by atoms with van der Waals surface area (Å²) in [6, 6.07) is 5.76. The van der Waals surface area contributed by atoms with Crippen molar-refractivity contribution in [2.24, 2.45) is 0 Å². The minimum absolute atomic E-state index is 0.0460. The Bertz CT molecular complexity index is 771. The van der Waals surface area contributed by atoms with Gasteiger partial charge in [-0.05, 0) is 37.6 Å². The second-order valence-electron chi connectivity index (χ2n) is 5.19. The molecule has 2 heterocycles. The Morgan fingerprint density at radius 1 is 1.38 bits per heavy atom. The zero-order valence-electron chi connectivity index (χ0n) is 12.2. The Morgan fingerprint density at radius 3 is 3.00 bits per heavy atom. The van der Waals surface area contributed by atoms with Gasteiger partial charge in [-0.2, -0.15) is 0 Å². The first-order valence-corrected chi connectivity index (χ1v) is 6.98. The predicted molar refractivity (Wildman–Crippen MR) is 82.3 cm³/mol. The number of nitrogens with zero attached hydrogens (tertiary/aromatic N) is 2. The number of hydrogen-bond donors (Lipinski definition) is 2. The molecule has 0 saturated carbocycles. The molecule has 21 heavy (non-hydrogen) atoms. The molecule has 5 nitrogen and oxygen atoms in total. The minimum Gasteiger partial charge on any atom is -0.358 e. The van der Waals surface area contributed by atoms with E-state index in [0.717, 1.165) is 23.1 Å². The van der Waals surface area contributed by atoms with E-state index in [2.05, 4.69) is 22.2 Å². The summed E-state index contributed by atoms with van der Waals surface area (Å²) in [5.41, 5.74) is 4.09. The summed E-state index contributed by atoms with van der Waals surface area (Å²) < 4.78 is 1.93. The normalized spacial score (nSPS) is 11.0. The number of aromatic nitrogens is 3. The van der Waals surface area contributed by atoms with E-state index in [-0.39, 0.29) is 5.91 Å². The van der Waals surface area contributed by atoms with Gasteiger partial charge in [-0.15, -0.1) is 0 Å². The third-order valence-corrected chi connectivity index (χ3v) is 3.79. The molecule has 5 heteroatoms. The number of carbonyl (C=O) groups is 1. The summed E-state index contributed by atoms with van der Waals surface area (Å²) in [4.78, 5) is 19.5. The lowest BCUT2D eigenvalue weighted by Crippen LogP contribution is -2.26. The molecule has 0 saturated heterocycles. The number of H-pyrrole nitrogens is 1. The molecule has 108 valence electrons. The maximum Gasteiger partial charge on any atom is 0.251 e. The van der Waals surface area contributed by atoms with Gasteiger partial charge in [-0.3, -0.25) is 4.79 Å². The summed E-state index contributed by atoms with van der Waals surface area (Å²) in [5, 5.41) is 4.04. The Hall–Kier alpha value is -2.56. The standard InChI is InChI=1S/C16H18N4O/c1-11-12(2)19-15-4-3-13(9-14(11)15)16(21)18-6-8-20-7-5-17-10-20/h3-5,7,9-10,19H,6,8H2,1-2H3,(H,18,21). The SMILES string of the molecule is Cc1[nH]c2ccc(C(=O)NCCn3ccnc3)cc2c1C. The van der Waals surface area contributed by atoms with Crippen molar-refractivity contribution in [3.05, 3.63) is 53.7 Å². The molecule has 0 aliphatic heterocycles. The lowest BCUT2D eigenvalue weighted by molar-refractivity contribution is 0.0952. The maximum atomic E-state index is 12.2. The van der Waals surface area contributed by atoms with Crippen molar-refractivity contribution < 1.29 is 4.79 Å². The van der Waals surface area contributed by atoms with E-state index in [9.17, 15) is 4.79 Å². The molecule has 1 aromatic carbocycles. The molecule has 0 spiro atoms. The summed E-state index contributed by atoms with van der Waals surface area (Å²) in [6.45, 7) is 5.41. The second kappa shape index (κ2) is 5.44. The van der Waals surface area contributed by atoms with Crippen LogP contribution in [0.3, 0.4) is 0 Å². The van der Waals surface area contributed by atoms with Crippen molar-refractivity contribution in [3.63, 3.8) is 0 Å². The number of amides is 1. The zero-order chi connectivity index (χ0) is 14.8. The second-order valence-corrected chi connectivity index (χ2v) is 5.19. The fourth-order valence-corrected chi connectivity index (χ4v) is 2.42. The van der Waals surface area contributed by atoms with Gasteiger partial charge in [0.05, 0.1) is 6.33 Å². The fraction of sp³-hybridized carbons (Fsp3) is 0.250. The van der Waals surface area contributed by atoms with E-state index in [1.165, 1.54) is 5.56 Å². The molecule has 0 aliphatic rings. The van der Waals surface area contributed by atoms with Crippen LogP contribution in [-0.4, -0.2) is 27.0 Å². The summed E-state index contributed by atoms with van der Waals surface area (Å²) in [5.74, 6) is -0.0460. The zero-order valence-corrected chi connectivity index (χ0v) is 12.2. The van der Waals surface area contributed by atoms with Crippen molar-refractivity contribution >= 4 is 16.8 Å². The van der Waals surface area contributed by atoms with E-state index in [1.54, 1.807) is 12.5 Å². The minimum atomic E-state index is -0.0460. The van der Waals surface area contributed by atoms with Crippen molar-refractivity contribution in [3.8, 4) is 0 Å². The Balaban J connectivity index is 1.70. The molecule has 1 amide bonds. The van der Waals surface area contributed by atoms with Crippen LogP contribution >= 0.6 is 0 Å². The van der Waals surface area contributed by atoms with E-state index < -0.39 is 0 Å². The van der Waals surface area contributed by atoms with Gasteiger partial charge in [-0.1, -0.05) is 0 Å². The van der Waals surface area contributed by atoms with Crippen LogP contribution in [-0.2, 0) is 6.54 Å². The third kappa shape index (κ3) is 2.67. The third-order valence-electron chi connectivity index (χ3n) is 3.79. The monoisotopic (exact) mass is 282 g/mol. The van der Waals surface area contributed by atoms with Crippen molar-refractivity contribution in [1.82, 2.24) is 19.9 Å². The Kier molecular flexibility index (Phi) is 3.48. The first kappa shape index (κ1) is 13.4. The number of aryl methyl sites for hydroxylation is 2. The van der Waals surface area contributed by atoms with Gasteiger partial charge in [0.15, 0.2) is 0 Å². The van der Waals surface area contributed by atoms with Crippen LogP contribution in [0.5, 0.6) is 0 Å². The number of imidazole rings is 1. The lowest BCUT2D eigenvalue weighted by Gasteiger charge is -2.06. The highest BCUT2D eigenvalue weighted by atomic mass is 16.1. The average Bonchev–Trinajstić information content (AvgIpc) is 3.08. The first-order chi connectivity index (χ1) is 10.1. The first-order valence-electron chi connectivity index (χ1n) is 6.98. The summed E-state index contributed by atoms with van der Waals surface area (Å²) >= 11 is 0. The molecular weight excluding hydrogens is 264 g/mol. The molecule has 0 radical (unpaired) electrons. The Morgan fingerprint density at radius 2 is 2.24 bits per heavy atom. The highest BCUT2D eigenvalue weighted by Crippen LogP contribution is 2.22. The molecule has 3 rings (SSSR count). The van der Waals surface area contributed by atoms with Gasteiger partial charge in [0.1, 0.15) is 0 Å². The quantitative estimate of drug-likeness (QED) is 0.772. The van der Waals surface area contributed by atoms with Gasteiger partial charge in [0.2, 0.25) is 0 Å². The van der Waals surface area contributed by atoms with Crippen molar-refractivity contribution in [2.75, 3.05) is 6.54 Å². The van der Waals surface area contributed by atoms with Crippen LogP contribution in [0.25, 0.3) is 10.9 Å². The molecule has 0 bridgehead atoms. The number of fused-ring (bicyclic) bond motifs is 1. The number of aromatic amines is 1. The fourth-order valence-electron chi connectivity index (χ4n) is 2.42. The molecule has 0 atom stereocenters. The van der Waals surface area contributed by atoms with E-state index in [0.29, 0.717) is 12.1 Å². The molecule has 3 aromatic rings. The molecule has 0 unspecified atom stereocenters. The van der Waals surface area contributed by atoms with Crippen LogP contribution in [0.1, 0.15) is 21.6 Å². The van der Waals surface area contributed by atoms with E-state index >= 15 is 0 Å². The van der Waals surface area contributed by atoms with Gasteiger partial charge in [-0.25, -0.2) is 4.98 Å². The smallest absolute Gasteiger partial charge is 0.251 e. The number of benzene rings is 1. The molecular formula is C16H18N4O. The van der Waals surface area contributed by atoms with Crippen LogP contribution < -0.4 is 5.32 Å². The molecule has 2 aromatic heterocycles. The number of hydrogen-bond acceptors (Lipinski definition) is 2. The average molecular weight is 282 g/mol. The van der Waals surface area contributed by atoms with Crippen molar-refractivity contribution in [2.45, 2.75) is 20.4 Å². The van der Waals surface area contributed by atoms with E-state index in [1.807, 2.05) is 35.9 Å². The largest absolute Gasteiger partial charge is 0.358 e. The van der Waals surface area contributed by atoms with Crippen LogP contribution in [0.4, 0.5) is 0 Å². The summed E-state index contributed by atoms with van der Waals surface area (Å²) in [7, 11) is 0. The van der Waals surface area contributed by atoms with E-state index in [4.69, 9.17) is 0 Å². The maximum absolute atomic E-state index is 12.2. The number of nitrogens with one attached hydrogen (secondary N) is 2. The van der Waals surface area contributed by atoms with Gasteiger partial charge in [0.25, 0.3) is 5.91 Å². The lowest BCUT2D eigenvalue weighted by atomic mass is 10.1. The van der Waals surface area contributed by atoms with Gasteiger partial charge in [0, 0.05) is 47.6 Å². The Labute approximate surface area is 123 Å². The van der Waals surface area contributed by atoms with Gasteiger partial charge < -0.3 is 14.9 Å². The van der Waals surface area contributed by atoms with Crippen LogP contribution in [0.15, 0.2) is 36.9 Å². The highest BCUT2D eigenvalue weighted by Gasteiger charge is 2.09. The molecule has 2 N–H and O–H groups in total. The number of rotatable bonds is 4. The predicted octanol–water partition coefficient (Wildman–Crippen LogP) is 2.41.